The Labute approximate surface area is 211 Å². The van der Waals surface area contributed by atoms with Gasteiger partial charge in [-0.2, -0.15) is 0 Å². The second kappa shape index (κ2) is 11.7. The molecule has 1 fully saturated rings. The smallest absolute Gasteiger partial charge is 0.313 e. The van der Waals surface area contributed by atoms with Gasteiger partial charge in [-0.1, -0.05) is 36.9 Å². The van der Waals surface area contributed by atoms with E-state index in [0.29, 0.717) is 29.6 Å². The number of nitrogens with one attached hydrogen (secondary N) is 1. The van der Waals surface area contributed by atoms with Gasteiger partial charge in [-0.15, -0.1) is 0 Å². The summed E-state index contributed by atoms with van der Waals surface area (Å²) in [7, 11) is 3.69. The summed E-state index contributed by atoms with van der Waals surface area (Å²) in [5.74, 6) is 0.647. The average Bonchev–Trinajstić information content (AvgIpc) is 2.85. The number of fused-ring (bicyclic) bond motifs is 1. The van der Waals surface area contributed by atoms with E-state index in [2.05, 4.69) is 27.2 Å². The number of benzene rings is 2. The fourth-order valence-electron chi connectivity index (χ4n) is 4.52. The van der Waals surface area contributed by atoms with Crippen LogP contribution in [0.1, 0.15) is 49.1 Å². The number of nitrogens with zero attached hydrogens (tertiary/aromatic N) is 3. The van der Waals surface area contributed by atoms with Crippen molar-refractivity contribution >= 4 is 40.0 Å². The van der Waals surface area contributed by atoms with E-state index in [1.807, 2.05) is 37.3 Å². The second-order valence-electron chi connectivity index (χ2n) is 9.10. The van der Waals surface area contributed by atoms with Gasteiger partial charge in [-0.05, 0) is 57.1 Å². The highest BCUT2D eigenvalue weighted by Gasteiger charge is 2.27. The molecular weight excluding hydrogens is 464 g/mol. The van der Waals surface area contributed by atoms with Crippen molar-refractivity contribution < 1.29 is 14.3 Å². The molecule has 0 bridgehead atoms. The van der Waals surface area contributed by atoms with Gasteiger partial charge in [0, 0.05) is 34.3 Å². The van der Waals surface area contributed by atoms with Crippen molar-refractivity contribution in [2.45, 2.75) is 44.9 Å². The quantitative estimate of drug-likeness (QED) is 0.453. The summed E-state index contributed by atoms with van der Waals surface area (Å²) < 4.78 is 11.4. The minimum absolute atomic E-state index is 0.214. The molecular formula is C27H33ClN4O3. The van der Waals surface area contributed by atoms with Crippen molar-refractivity contribution in [3.63, 3.8) is 0 Å². The van der Waals surface area contributed by atoms with Crippen molar-refractivity contribution in [2.24, 2.45) is 0 Å². The Morgan fingerprint density at radius 1 is 1.14 bits per heavy atom. The predicted octanol–water partition coefficient (Wildman–Crippen LogP) is 5.87. The third-order valence-corrected chi connectivity index (χ3v) is 7.08. The molecule has 4 rings (SSSR count). The molecule has 1 N–H and O–H groups in total. The second-order valence-corrected chi connectivity index (χ2v) is 9.50. The lowest BCUT2D eigenvalue weighted by atomic mass is 9.91. The summed E-state index contributed by atoms with van der Waals surface area (Å²) in [5.41, 5.74) is 3.33. The maximum atomic E-state index is 13.2. The number of carbonyl (C=O) groups is 1. The molecule has 0 radical (unpaired) electrons. The molecule has 0 saturated carbocycles. The molecule has 35 heavy (non-hydrogen) atoms. The first-order valence-electron chi connectivity index (χ1n) is 12.2. The number of cyclic esters (lactones) is 1. The first-order chi connectivity index (χ1) is 17.0. The average molecular weight is 497 g/mol. The number of hydrogen-bond acceptors (Lipinski definition) is 7. The maximum Gasteiger partial charge on any atom is 0.313 e. The standard InChI is InChI=1S/C27H33ClN4O3/c1-18-22(28)10-8-11-23(18)31-26-21-15-20(25(34-3)16-24(21)29-17-30-26)19-9-6-4-5-7-12-32(2)13-14-35-27(19)33/h8,10-11,15-17,19H,4-7,9,12-14H2,1-3H3,(H,29,30,31). The van der Waals surface area contributed by atoms with E-state index in [-0.39, 0.29) is 5.97 Å². The number of esters is 1. The van der Waals surface area contributed by atoms with Crippen molar-refractivity contribution in [1.82, 2.24) is 14.9 Å². The van der Waals surface area contributed by atoms with Gasteiger partial charge in [0.25, 0.3) is 0 Å². The Kier molecular flexibility index (Phi) is 8.42. The van der Waals surface area contributed by atoms with Crippen LogP contribution in [0.4, 0.5) is 11.5 Å². The first kappa shape index (κ1) is 25.2. The van der Waals surface area contributed by atoms with Crippen LogP contribution < -0.4 is 10.1 Å². The van der Waals surface area contributed by atoms with Crippen LogP contribution in [-0.4, -0.2) is 54.7 Å². The fraction of sp³-hybridized carbons (Fsp3) is 0.444. The van der Waals surface area contributed by atoms with E-state index >= 15 is 0 Å². The summed E-state index contributed by atoms with van der Waals surface area (Å²) in [6.07, 6.45) is 6.57. The van der Waals surface area contributed by atoms with Crippen molar-refractivity contribution in [3.8, 4) is 5.75 Å². The molecule has 2 heterocycles. The molecule has 1 saturated heterocycles. The number of anilines is 2. The molecule has 7 nitrogen and oxygen atoms in total. The Bertz CT molecular complexity index is 1190. The third-order valence-electron chi connectivity index (χ3n) is 6.67. The Hall–Kier alpha value is -2.90. The van der Waals surface area contributed by atoms with Crippen LogP contribution in [-0.2, 0) is 9.53 Å². The molecule has 0 spiro atoms. The van der Waals surface area contributed by atoms with E-state index in [4.69, 9.17) is 21.1 Å². The van der Waals surface area contributed by atoms with E-state index in [1.54, 1.807) is 7.11 Å². The van der Waals surface area contributed by atoms with Crippen molar-refractivity contribution in [3.05, 3.63) is 52.8 Å². The third kappa shape index (κ3) is 6.03. The molecule has 1 aliphatic heterocycles. The number of carbonyl (C=O) groups excluding carboxylic acids is 1. The molecule has 186 valence electrons. The maximum absolute atomic E-state index is 13.2. The molecule has 1 atom stereocenters. The SMILES string of the molecule is COc1cc2ncnc(Nc3cccc(Cl)c3C)c2cc1C1CCCCCCN(C)CCOC1=O. The van der Waals surface area contributed by atoms with Gasteiger partial charge in [0.05, 0.1) is 18.5 Å². The van der Waals surface area contributed by atoms with Gasteiger partial charge >= 0.3 is 5.97 Å². The normalized spacial score (nSPS) is 18.4. The number of likely N-dealkylation sites (N-methyl/N-ethyl adjacent to an activating group) is 1. The van der Waals surface area contributed by atoms with Gasteiger partial charge in [0.1, 0.15) is 24.5 Å². The lowest BCUT2D eigenvalue weighted by Crippen LogP contribution is -2.27. The van der Waals surface area contributed by atoms with Crippen LogP contribution in [0.5, 0.6) is 5.75 Å². The van der Waals surface area contributed by atoms with Crippen molar-refractivity contribution in [2.75, 3.05) is 39.2 Å². The predicted molar refractivity (Wildman–Crippen MR) is 140 cm³/mol. The summed E-state index contributed by atoms with van der Waals surface area (Å²) >= 11 is 6.32. The van der Waals surface area contributed by atoms with E-state index in [0.717, 1.165) is 66.5 Å². The monoisotopic (exact) mass is 496 g/mol. The minimum Gasteiger partial charge on any atom is -0.496 e. The molecule has 2 aromatic carbocycles. The lowest BCUT2D eigenvalue weighted by Gasteiger charge is -2.22. The van der Waals surface area contributed by atoms with Crippen LogP contribution in [0, 0.1) is 6.92 Å². The highest BCUT2D eigenvalue weighted by molar-refractivity contribution is 6.31. The molecule has 1 aromatic heterocycles. The fourth-order valence-corrected chi connectivity index (χ4v) is 4.69. The highest BCUT2D eigenvalue weighted by Crippen LogP contribution is 2.37. The Morgan fingerprint density at radius 3 is 2.80 bits per heavy atom. The summed E-state index contributed by atoms with van der Waals surface area (Å²) in [5, 5.41) is 4.88. The minimum atomic E-state index is -0.417. The van der Waals surface area contributed by atoms with Gasteiger partial charge in [-0.3, -0.25) is 4.79 Å². The van der Waals surface area contributed by atoms with Gasteiger partial charge in [0.2, 0.25) is 0 Å². The van der Waals surface area contributed by atoms with Crippen LogP contribution >= 0.6 is 11.6 Å². The number of methoxy groups -OCH3 is 1. The van der Waals surface area contributed by atoms with Crippen LogP contribution in [0.3, 0.4) is 0 Å². The van der Waals surface area contributed by atoms with E-state index in [1.165, 1.54) is 6.33 Å². The van der Waals surface area contributed by atoms with E-state index < -0.39 is 5.92 Å². The largest absolute Gasteiger partial charge is 0.496 e. The first-order valence-corrected chi connectivity index (χ1v) is 12.6. The highest BCUT2D eigenvalue weighted by atomic mass is 35.5. The Balaban J connectivity index is 1.72. The number of halogens is 1. The molecule has 0 amide bonds. The lowest BCUT2D eigenvalue weighted by molar-refractivity contribution is -0.146. The van der Waals surface area contributed by atoms with Crippen LogP contribution in [0.15, 0.2) is 36.7 Å². The molecule has 0 aliphatic carbocycles. The van der Waals surface area contributed by atoms with Gasteiger partial charge in [-0.25, -0.2) is 9.97 Å². The van der Waals surface area contributed by atoms with Crippen molar-refractivity contribution in [1.29, 1.82) is 0 Å². The zero-order chi connectivity index (χ0) is 24.8. The van der Waals surface area contributed by atoms with Gasteiger partial charge in [0.15, 0.2) is 0 Å². The van der Waals surface area contributed by atoms with Gasteiger partial charge < -0.3 is 19.7 Å². The van der Waals surface area contributed by atoms with Crippen LogP contribution in [0.2, 0.25) is 5.02 Å². The number of ether oxygens (including phenoxy) is 2. The summed E-state index contributed by atoms with van der Waals surface area (Å²) in [6, 6.07) is 9.56. The number of aromatic nitrogens is 2. The number of rotatable bonds is 4. The summed E-state index contributed by atoms with van der Waals surface area (Å²) in [6.45, 7) is 4.10. The molecule has 1 unspecified atom stereocenters. The van der Waals surface area contributed by atoms with E-state index in [9.17, 15) is 4.79 Å². The zero-order valence-corrected chi connectivity index (χ0v) is 21.4. The molecule has 8 heteroatoms. The zero-order valence-electron chi connectivity index (χ0n) is 20.6. The molecule has 3 aromatic rings. The summed E-state index contributed by atoms with van der Waals surface area (Å²) in [4.78, 5) is 24.4. The Morgan fingerprint density at radius 2 is 1.97 bits per heavy atom. The number of hydrogen-bond donors (Lipinski definition) is 1. The molecule has 1 aliphatic rings. The topological polar surface area (TPSA) is 76.6 Å². The van der Waals surface area contributed by atoms with Crippen LogP contribution in [0.25, 0.3) is 10.9 Å².